The van der Waals surface area contributed by atoms with Crippen molar-refractivity contribution >= 4 is 23.3 Å². The molecule has 1 saturated carbocycles. The van der Waals surface area contributed by atoms with E-state index in [1.807, 2.05) is 0 Å². The van der Waals surface area contributed by atoms with Crippen molar-refractivity contribution in [2.75, 3.05) is 5.32 Å². The third-order valence-electron chi connectivity index (χ3n) is 6.98. The van der Waals surface area contributed by atoms with Crippen LogP contribution in [0, 0.1) is 11.2 Å². The van der Waals surface area contributed by atoms with Gasteiger partial charge in [-0.3, -0.25) is 9.59 Å². The molecule has 0 spiro atoms. The Balaban J connectivity index is 1.76. The van der Waals surface area contributed by atoms with Crippen molar-refractivity contribution in [2.45, 2.75) is 77.2 Å². The van der Waals surface area contributed by atoms with Gasteiger partial charge in [-0.05, 0) is 49.7 Å². The largest absolute Gasteiger partial charge is 0.460 e. The number of ether oxygens (including phenoxy) is 1. The summed E-state index contributed by atoms with van der Waals surface area (Å²) in [6.45, 7) is 3.50. The van der Waals surface area contributed by atoms with Crippen LogP contribution in [0.1, 0.15) is 84.3 Å². The summed E-state index contributed by atoms with van der Waals surface area (Å²) in [4.78, 5) is 37.3. The number of carbonyl (C=O) groups excluding carboxylic acids is 3. The van der Waals surface area contributed by atoms with Crippen LogP contribution in [-0.2, 0) is 22.1 Å². The number of halogens is 4. The number of esters is 1. The number of benzene rings is 1. The lowest BCUT2D eigenvalue weighted by atomic mass is 9.75. The number of rotatable bonds is 6. The number of hydrogen-bond donors (Lipinski definition) is 3. The van der Waals surface area contributed by atoms with Crippen LogP contribution >= 0.6 is 0 Å². The smallest absolute Gasteiger partial charge is 0.418 e. The van der Waals surface area contributed by atoms with Crippen LogP contribution in [0.5, 0.6) is 0 Å². The molecule has 5 N–H and O–H groups in total. The van der Waals surface area contributed by atoms with Gasteiger partial charge in [0.15, 0.2) is 11.9 Å². The molecule has 2 aliphatic rings. The van der Waals surface area contributed by atoms with Crippen molar-refractivity contribution in [3.8, 4) is 5.69 Å². The van der Waals surface area contributed by atoms with E-state index in [1.54, 1.807) is 13.8 Å². The summed E-state index contributed by atoms with van der Waals surface area (Å²) in [5, 5.41) is 2.53. The molecule has 0 radical (unpaired) electrons. The number of anilines is 1. The molecule has 1 unspecified atom stereocenters. The third-order valence-corrected chi connectivity index (χ3v) is 6.98. The summed E-state index contributed by atoms with van der Waals surface area (Å²) in [7, 11) is 0. The van der Waals surface area contributed by atoms with Crippen molar-refractivity contribution in [1.29, 1.82) is 0 Å². The van der Waals surface area contributed by atoms with E-state index in [4.69, 9.17) is 16.2 Å². The minimum atomic E-state index is -4.83. The quantitative estimate of drug-likeness (QED) is 0.283. The summed E-state index contributed by atoms with van der Waals surface area (Å²) in [5.74, 6) is -3.81. The number of aromatic nitrogens is 1. The number of nitrogens with two attached hydrogens (primary N) is 2. The van der Waals surface area contributed by atoms with Crippen molar-refractivity contribution in [3.63, 3.8) is 0 Å². The molecule has 1 aromatic heterocycles. The molecule has 0 bridgehead atoms. The van der Waals surface area contributed by atoms with Crippen molar-refractivity contribution in [3.05, 3.63) is 46.5 Å². The Labute approximate surface area is 216 Å². The predicted octanol–water partition coefficient (Wildman–Crippen LogP) is 4.46. The van der Waals surface area contributed by atoms with E-state index >= 15 is 4.39 Å². The second-order valence-corrected chi connectivity index (χ2v) is 10.7. The minimum absolute atomic E-state index is 0.0664. The number of nitrogens with one attached hydrogen (secondary N) is 1. The fourth-order valence-electron chi connectivity index (χ4n) is 5.26. The highest BCUT2D eigenvalue weighted by atomic mass is 19.4. The summed E-state index contributed by atoms with van der Waals surface area (Å²) in [5.41, 5.74) is 8.11. The van der Waals surface area contributed by atoms with Crippen molar-refractivity contribution in [2.24, 2.45) is 16.9 Å². The Morgan fingerprint density at radius 2 is 1.82 bits per heavy atom. The topological polar surface area (TPSA) is 129 Å². The monoisotopic (exact) mass is 538 g/mol. The molecule has 206 valence electrons. The Morgan fingerprint density at radius 3 is 2.42 bits per heavy atom. The molecule has 2 aromatic rings. The first-order chi connectivity index (χ1) is 17.7. The SMILES string of the molecule is CC1(C)CC(=O)c2c(C(F)(F)F)cn(-c3cc(F)c(C(N)=O)c(NC(N)C(=O)OC4CCCCC4)c3)c2C1. The first kappa shape index (κ1) is 27.6. The van der Waals surface area contributed by atoms with E-state index in [0.717, 1.165) is 36.1 Å². The zero-order valence-corrected chi connectivity index (χ0v) is 21.1. The van der Waals surface area contributed by atoms with Crippen LogP contribution in [0.2, 0.25) is 0 Å². The van der Waals surface area contributed by atoms with Crippen LogP contribution < -0.4 is 16.8 Å². The molecule has 12 heteroatoms. The molecule has 0 aliphatic heterocycles. The summed E-state index contributed by atoms with van der Waals surface area (Å²) >= 11 is 0. The molecule has 2 aliphatic carbocycles. The molecule has 0 saturated heterocycles. The number of ketones is 1. The molecular weight excluding hydrogens is 508 g/mol. The molecule has 38 heavy (non-hydrogen) atoms. The Kier molecular flexibility index (Phi) is 7.30. The number of carbonyl (C=O) groups is 3. The summed E-state index contributed by atoms with van der Waals surface area (Å²) in [6.07, 6.45) is -1.66. The first-order valence-corrected chi connectivity index (χ1v) is 12.4. The molecule has 1 fully saturated rings. The van der Waals surface area contributed by atoms with Gasteiger partial charge < -0.3 is 26.1 Å². The molecule has 1 atom stereocenters. The van der Waals surface area contributed by atoms with E-state index in [1.165, 1.54) is 6.07 Å². The van der Waals surface area contributed by atoms with Crippen LogP contribution in [0.25, 0.3) is 5.69 Å². The van der Waals surface area contributed by atoms with Crippen molar-refractivity contribution in [1.82, 2.24) is 4.57 Å². The fraction of sp³-hybridized carbons (Fsp3) is 0.500. The number of Topliss-reactive ketones (excluding diaryl/α,β-unsaturated/α-hetero) is 1. The van der Waals surface area contributed by atoms with Crippen LogP contribution in [-0.4, -0.2) is 34.5 Å². The van der Waals surface area contributed by atoms with E-state index in [0.29, 0.717) is 12.8 Å². The lowest BCUT2D eigenvalue weighted by Crippen LogP contribution is -2.42. The zero-order chi connectivity index (χ0) is 28.0. The van der Waals surface area contributed by atoms with Gasteiger partial charge in [0.2, 0.25) is 0 Å². The molecule has 1 aromatic carbocycles. The Hall–Kier alpha value is -3.41. The van der Waals surface area contributed by atoms with Gasteiger partial charge in [0.25, 0.3) is 5.91 Å². The lowest BCUT2D eigenvalue weighted by molar-refractivity contribution is -0.151. The van der Waals surface area contributed by atoms with E-state index in [-0.39, 0.29) is 36.0 Å². The third kappa shape index (κ3) is 5.54. The molecule has 8 nitrogen and oxygen atoms in total. The molecular formula is C26H30F4N4O4. The number of primary amides is 1. The van der Waals surface area contributed by atoms with Gasteiger partial charge in [-0.25, -0.2) is 9.18 Å². The maximum Gasteiger partial charge on any atom is 0.418 e. The van der Waals surface area contributed by atoms with Gasteiger partial charge in [-0.2, -0.15) is 13.2 Å². The van der Waals surface area contributed by atoms with Gasteiger partial charge in [-0.1, -0.05) is 20.3 Å². The van der Waals surface area contributed by atoms with Gasteiger partial charge in [0.1, 0.15) is 11.9 Å². The van der Waals surface area contributed by atoms with Gasteiger partial charge >= 0.3 is 12.1 Å². The molecule has 1 heterocycles. The Morgan fingerprint density at radius 1 is 1.16 bits per heavy atom. The molecule has 1 amide bonds. The van der Waals surface area contributed by atoms with Gasteiger partial charge in [-0.15, -0.1) is 0 Å². The number of nitrogens with zero attached hydrogens (tertiary/aromatic N) is 1. The highest BCUT2D eigenvalue weighted by Gasteiger charge is 2.43. The number of amides is 1. The minimum Gasteiger partial charge on any atom is -0.460 e. The lowest BCUT2D eigenvalue weighted by Gasteiger charge is -2.30. The summed E-state index contributed by atoms with van der Waals surface area (Å²) < 4.78 is 63.3. The second kappa shape index (κ2) is 10.0. The highest BCUT2D eigenvalue weighted by molar-refractivity contribution is 6.01. The van der Waals surface area contributed by atoms with Crippen LogP contribution in [0.4, 0.5) is 23.2 Å². The van der Waals surface area contributed by atoms with Crippen molar-refractivity contribution < 1.29 is 36.7 Å². The summed E-state index contributed by atoms with van der Waals surface area (Å²) in [6, 6.07) is 2.02. The maximum atomic E-state index is 15.2. The fourth-order valence-corrected chi connectivity index (χ4v) is 5.26. The van der Waals surface area contributed by atoms with Crippen LogP contribution in [0.3, 0.4) is 0 Å². The van der Waals surface area contributed by atoms with Gasteiger partial charge in [0, 0.05) is 18.3 Å². The van der Waals surface area contributed by atoms with Crippen LogP contribution in [0.15, 0.2) is 18.3 Å². The average molecular weight is 539 g/mol. The standard InChI is InChI=1S/C26H30F4N4O4/c1-25(2)10-18-20(19(35)11-25)15(26(28,29)30)12-34(18)13-8-16(27)21(23(32)36)17(9-13)33-22(31)24(37)38-14-6-4-3-5-7-14/h8-9,12,14,22,33H,3-7,10-11,31H2,1-2H3,(H2,32,36). The van der Waals surface area contributed by atoms with Gasteiger partial charge in [0.05, 0.1) is 28.1 Å². The maximum absolute atomic E-state index is 15.2. The number of alkyl halides is 3. The first-order valence-electron chi connectivity index (χ1n) is 12.4. The Bertz CT molecular complexity index is 1280. The van der Waals surface area contributed by atoms with E-state index in [9.17, 15) is 27.6 Å². The second-order valence-electron chi connectivity index (χ2n) is 10.7. The van der Waals surface area contributed by atoms with E-state index in [2.05, 4.69) is 5.32 Å². The zero-order valence-electron chi connectivity index (χ0n) is 21.1. The van der Waals surface area contributed by atoms with E-state index < -0.39 is 57.9 Å². The predicted molar refractivity (Wildman–Crippen MR) is 130 cm³/mol. The average Bonchev–Trinajstić information content (AvgIpc) is 3.18. The highest BCUT2D eigenvalue weighted by Crippen LogP contribution is 2.43. The molecule has 4 rings (SSSR count). The number of hydrogen-bond acceptors (Lipinski definition) is 6. The normalized spacial score (nSPS) is 18.6. The number of fused-ring (bicyclic) bond motifs is 1.